The highest BCUT2D eigenvalue weighted by Gasteiger charge is 2.14. The zero-order chi connectivity index (χ0) is 10.5. The average molecular weight is 211 g/mol. The molecule has 1 saturated carbocycles. The highest BCUT2D eigenvalue weighted by molar-refractivity contribution is 5.17. The number of hydrogen-bond acceptors (Lipinski definition) is 5. The summed E-state index contributed by atoms with van der Waals surface area (Å²) in [7, 11) is 0. The van der Waals surface area contributed by atoms with Crippen molar-refractivity contribution < 1.29 is 9.26 Å². The van der Waals surface area contributed by atoms with E-state index in [1.54, 1.807) is 6.92 Å². The maximum absolute atomic E-state index is 5.68. The Kier molecular flexibility index (Phi) is 3.55. The molecule has 1 aliphatic carbocycles. The van der Waals surface area contributed by atoms with Gasteiger partial charge in [0.15, 0.2) is 5.82 Å². The molecule has 5 nitrogen and oxygen atoms in total. The van der Waals surface area contributed by atoms with Gasteiger partial charge in [0, 0.05) is 6.54 Å². The molecule has 1 heterocycles. The van der Waals surface area contributed by atoms with E-state index in [1.807, 2.05) is 0 Å². The molecular weight excluding hydrogens is 194 g/mol. The fourth-order valence-corrected chi connectivity index (χ4v) is 1.81. The fraction of sp³-hybridized carbons (Fsp3) is 0.800. The van der Waals surface area contributed by atoms with Crippen LogP contribution in [0.25, 0.3) is 0 Å². The van der Waals surface area contributed by atoms with Gasteiger partial charge in [-0.3, -0.25) is 0 Å². The van der Waals surface area contributed by atoms with Crippen LogP contribution in [0.5, 0.6) is 0 Å². The molecule has 1 aromatic heterocycles. The van der Waals surface area contributed by atoms with Crippen molar-refractivity contribution in [3.63, 3.8) is 0 Å². The number of aromatic nitrogens is 2. The molecule has 2 rings (SSSR count). The molecule has 0 aromatic carbocycles. The molecule has 1 aromatic rings. The van der Waals surface area contributed by atoms with Crippen LogP contribution >= 0.6 is 0 Å². The lowest BCUT2D eigenvalue weighted by atomic mass is 10.3. The minimum Gasteiger partial charge on any atom is -0.376 e. The summed E-state index contributed by atoms with van der Waals surface area (Å²) in [6, 6.07) is 0.475. The lowest BCUT2D eigenvalue weighted by Crippen LogP contribution is -2.15. The summed E-state index contributed by atoms with van der Waals surface area (Å²) >= 11 is 0. The molecule has 15 heavy (non-hydrogen) atoms. The van der Waals surface area contributed by atoms with Crippen LogP contribution < -0.4 is 5.32 Å². The van der Waals surface area contributed by atoms with E-state index >= 15 is 0 Å². The number of nitrogens with zero attached hydrogens (tertiary/aromatic N) is 2. The molecule has 0 atom stereocenters. The van der Waals surface area contributed by atoms with Crippen LogP contribution in [-0.4, -0.2) is 29.4 Å². The third-order valence-electron chi connectivity index (χ3n) is 2.56. The summed E-state index contributed by atoms with van der Waals surface area (Å²) in [6.45, 7) is 3.22. The Morgan fingerprint density at radius 2 is 2.27 bits per heavy atom. The second-order valence-electron chi connectivity index (χ2n) is 3.85. The first-order valence-corrected chi connectivity index (χ1v) is 5.50. The number of anilines is 1. The van der Waals surface area contributed by atoms with Crippen LogP contribution in [0.15, 0.2) is 4.52 Å². The molecule has 0 aliphatic heterocycles. The van der Waals surface area contributed by atoms with Crippen molar-refractivity contribution in [1.82, 2.24) is 10.1 Å². The molecule has 1 N–H and O–H groups in total. The quantitative estimate of drug-likeness (QED) is 0.752. The van der Waals surface area contributed by atoms with Gasteiger partial charge in [0.1, 0.15) is 0 Å². The van der Waals surface area contributed by atoms with Gasteiger partial charge in [0.05, 0.1) is 12.7 Å². The maximum atomic E-state index is 5.68. The zero-order valence-electron chi connectivity index (χ0n) is 9.03. The maximum Gasteiger partial charge on any atom is 0.321 e. The Hall–Kier alpha value is -1.10. The summed E-state index contributed by atoms with van der Waals surface area (Å²) in [5, 5.41) is 6.71. The first kappa shape index (κ1) is 10.4. The third-order valence-corrected chi connectivity index (χ3v) is 2.56. The minimum atomic E-state index is 0.469. The Bertz CT molecular complexity index is 295. The van der Waals surface area contributed by atoms with E-state index in [2.05, 4.69) is 15.5 Å². The van der Waals surface area contributed by atoms with Gasteiger partial charge in [-0.2, -0.15) is 4.98 Å². The largest absolute Gasteiger partial charge is 0.376 e. The lowest BCUT2D eigenvalue weighted by molar-refractivity contribution is 0.0656. The number of nitrogens with one attached hydrogen (secondary N) is 1. The molecule has 84 valence electrons. The second kappa shape index (κ2) is 5.11. The normalized spacial score (nSPS) is 17.1. The monoisotopic (exact) mass is 211 g/mol. The van der Waals surface area contributed by atoms with Gasteiger partial charge in [-0.1, -0.05) is 18.0 Å². The van der Waals surface area contributed by atoms with Crippen molar-refractivity contribution in [2.24, 2.45) is 0 Å². The van der Waals surface area contributed by atoms with E-state index in [0.717, 1.165) is 6.54 Å². The van der Waals surface area contributed by atoms with E-state index in [0.29, 0.717) is 24.5 Å². The Morgan fingerprint density at radius 3 is 2.93 bits per heavy atom. The van der Waals surface area contributed by atoms with Gasteiger partial charge in [0.25, 0.3) is 0 Å². The van der Waals surface area contributed by atoms with Gasteiger partial charge in [-0.25, -0.2) is 0 Å². The predicted molar refractivity (Wildman–Crippen MR) is 55.7 cm³/mol. The highest BCUT2D eigenvalue weighted by Crippen LogP contribution is 2.20. The fourth-order valence-electron chi connectivity index (χ4n) is 1.81. The van der Waals surface area contributed by atoms with Crippen molar-refractivity contribution >= 4 is 6.01 Å². The van der Waals surface area contributed by atoms with Gasteiger partial charge >= 0.3 is 6.01 Å². The second-order valence-corrected chi connectivity index (χ2v) is 3.85. The third kappa shape index (κ3) is 3.20. The first-order chi connectivity index (χ1) is 7.34. The van der Waals surface area contributed by atoms with Crippen LogP contribution in [0.4, 0.5) is 6.01 Å². The van der Waals surface area contributed by atoms with Crippen LogP contribution in [0.1, 0.15) is 31.5 Å². The van der Waals surface area contributed by atoms with Crippen molar-refractivity contribution in [1.29, 1.82) is 0 Å². The summed E-state index contributed by atoms with van der Waals surface area (Å²) in [5.41, 5.74) is 0. The summed E-state index contributed by atoms with van der Waals surface area (Å²) in [5.74, 6) is 0.647. The molecule has 0 radical (unpaired) electrons. The van der Waals surface area contributed by atoms with E-state index in [4.69, 9.17) is 9.26 Å². The predicted octanol–water partition coefficient (Wildman–Crippen LogP) is 1.75. The number of rotatable bonds is 5. The first-order valence-electron chi connectivity index (χ1n) is 5.50. The summed E-state index contributed by atoms with van der Waals surface area (Å²) in [4.78, 5) is 4.04. The molecule has 0 bridgehead atoms. The standard InChI is InChI=1S/C10H17N3O2/c1-8-12-10(15-13-8)11-6-7-14-9-4-2-3-5-9/h9H,2-7H2,1H3,(H,11,12,13). The topological polar surface area (TPSA) is 60.2 Å². The molecule has 5 heteroatoms. The van der Waals surface area contributed by atoms with Crippen molar-refractivity contribution in [3.8, 4) is 0 Å². The molecule has 0 unspecified atom stereocenters. The molecule has 0 amide bonds. The van der Waals surface area contributed by atoms with Gasteiger partial charge in [-0.15, -0.1) is 0 Å². The molecule has 1 aliphatic rings. The van der Waals surface area contributed by atoms with Crippen LogP contribution in [-0.2, 0) is 4.74 Å². The zero-order valence-corrected chi connectivity index (χ0v) is 9.03. The van der Waals surface area contributed by atoms with Crippen LogP contribution in [0.2, 0.25) is 0 Å². The van der Waals surface area contributed by atoms with E-state index in [-0.39, 0.29) is 0 Å². The van der Waals surface area contributed by atoms with E-state index < -0.39 is 0 Å². The SMILES string of the molecule is Cc1noc(NCCOC2CCCC2)n1. The van der Waals surface area contributed by atoms with Crippen molar-refractivity contribution in [2.45, 2.75) is 38.7 Å². The smallest absolute Gasteiger partial charge is 0.321 e. The molecule has 1 fully saturated rings. The molecule has 0 spiro atoms. The summed E-state index contributed by atoms with van der Waals surface area (Å²) in [6.07, 6.45) is 5.50. The van der Waals surface area contributed by atoms with E-state index in [9.17, 15) is 0 Å². The molecule has 0 saturated heterocycles. The number of ether oxygens (including phenoxy) is 1. The number of hydrogen-bond donors (Lipinski definition) is 1. The van der Waals surface area contributed by atoms with Gasteiger partial charge in [0.2, 0.25) is 0 Å². The van der Waals surface area contributed by atoms with Crippen molar-refractivity contribution in [2.75, 3.05) is 18.5 Å². The minimum absolute atomic E-state index is 0.469. The average Bonchev–Trinajstić information content (AvgIpc) is 2.84. The molecular formula is C10H17N3O2. The highest BCUT2D eigenvalue weighted by atomic mass is 16.5. The lowest BCUT2D eigenvalue weighted by Gasteiger charge is -2.10. The van der Waals surface area contributed by atoms with Crippen molar-refractivity contribution in [3.05, 3.63) is 5.82 Å². The van der Waals surface area contributed by atoms with Gasteiger partial charge < -0.3 is 14.6 Å². The van der Waals surface area contributed by atoms with Crippen LogP contribution in [0, 0.1) is 6.92 Å². The van der Waals surface area contributed by atoms with Crippen LogP contribution in [0.3, 0.4) is 0 Å². The summed E-state index contributed by atoms with van der Waals surface area (Å²) < 4.78 is 10.6. The number of aryl methyl sites for hydroxylation is 1. The van der Waals surface area contributed by atoms with Gasteiger partial charge in [-0.05, 0) is 19.8 Å². The Balaban J connectivity index is 1.58. The van der Waals surface area contributed by atoms with E-state index in [1.165, 1.54) is 25.7 Å². The Morgan fingerprint density at radius 1 is 1.47 bits per heavy atom. The Labute approximate surface area is 89.2 Å².